The summed E-state index contributed by atoms with van der Waals surface area (Å²) in [7, 11) is -3.66. The van der Waals surface area contributed by atoms with Crippen molar-refractivity contribution in [1.82, 2.24) is 0 Å². The molecule has 5 heteroatoms. The van der Waals surface area contributed by atoms with Gasteiger partial charge in [0.15, 0.2) is 0 Å². The van der Waals surface area contributed by atoms with E-state index in [1.54, 1.807) is 42.5 Å². The summed E-state index contributed by atoms with van der Waals surface area (Å²) in [6.07, 6.45) is 2.19. The number of benzene rings is 4. The highest BCUT2D eigenvalue weighted by atomic mass is 31.2. The molecule has 1 heterocycles. The van der Waals surface area contributed by atoms with Crippen LogP contribution in [0.3, 0.4) is 0 Å². The van der Waals surface area contributed by atoms with E-state index in [2.05, 4.69) is 6.58 Å². The quantitative estimate of drug-likeness (QED) is 0.251. The van der Waals surface area contributed by atoms with E-state index in [0.29, 0.717) is 23.0 Å². The van der Waals surface area contributed by atoms with Gasteiger partial charge in [-0.05, 0) is 65.9 Å². The van der Waals surface area contributed by atoms with Gasteiger partial charge in [-0.25, -0.2) is 0 Å². The van der Waals surface area contributed by atoms with E-state index in [-0.39, 0.29) is 11.5 Å². The molecule has 4 aromatic rings. The van der Waals surface area contributed by atoms with Crippen molar-refractivity contribution in [1.29, 1.82) is 0 Å². The highest BCUT2D eigenvalue weighted by Crippen LogP contribution is 2.69. The second-order valence-corrected chi connectivity index (χ2v) is 11.3. The van der Waals surface area contributed by atoms with Gasteiger partial charge in [0.2, 0.25) is 0 Å². The van der Waals surface area contributed by atoms with Gasteiger partial charge in [-0.3, -0.25) is 4.57 Å². The normalized spacial score (nSPS) is 18.1. The van der Waals surface area contributed by atoms with Crippen LogP contribution in [-0.2, 0) is 16.1 Å². The van der Waals surface area contributed by atoms with Gasteiger partial charge in [0.05, 0.1) is 5.30 Å². The fourth-order valence-corrected chi connectivity index (χ4v) is 7.71. The van der Waals surface area contributed by atoms with Crippen molar-refractivity contribution in [2.45, 2.75) is 18.5 Å². The Balaban J connectivity index is 1.84. The number of phenols is 2. The molecule has 2 N–H and O–H groups in total. The van der Waals surface area contributed by atoms with Crippen LogP contribution in [0.5, 0.6) is 17.2 Å². The van der Waals surface area contributed by atoms with Gasteiger partial charge in [0.25, 0.3) is 7.37 Å². The lowest BCUT2D eigenvalue weighted by Gasteiger charge is -2.41. The molecule has 0 saturated carbocycles. The Morgan fingerprint density at radius 2 is 1.53 bits per heavy atom. The fourth-order valence-electron chi connectivity index (χ4n) is 4.75. The zero-order valence-corrected chi connectivity index (χ0v) is 19.7. The van der Waals surface area contributed by atoms with Crippen molar-refractivity contribution >= 4 is 12.7 Å². The maximum atomic E-state index is 15.3. The van der Waals surface area contributed by atoms with Crippen molar-refractivity contribution in [3.05, 3.63) is 120 Å². The molecular weight excluding hydrogens is 443 g/mol. The molecule has 1 aliphatic heterocycles. The molecular formula is C29H25O4P. The van der Waals surface area contributed by atoms with Gasteiger partial charge in [-0.2, -0.15) is 0 Å². The third-order valence-corrected chi connectivity index (χ3v) is 9.82. The minimum Gasteiger partial charge on any atom is -0.508 e. The Labute approximate surface area is 199 Å². The molecule has 2 unspecified atom stereocenters. The standard InChI is InChI=1S/C29H25O4P/c1-3-8-20-19-22(15-18-26(20)31)29(2,21-13-16-23(30)17-14-21)34(32)28-12-7-5-10-25(28)24-9-4-6-11-27(24)33-34/h3-7,9-19,30-31H,1,8H2,2H3. The number of hydrogen-bond donors (Lipinski definition) is 2. The minimum atomic E-state index is -3.66. The SMILES string of the molecule is C=CCc1cc(C(C)(c2ccc(O)cc2)P2(=O)Oc3ccccc3-c3ccccc32)ccc1O. The fraction of sp³-hybridized carbons (Fsp3) is 0.103. The Kier molecular flexibility index (Phi) is 5.34. The van der Waals surface area contributed by atoms with E-state index < -0.39 is 12.5 Å². The van der Waals surface area contributed by atoms with Crippen molar-refractivity contribution in [3.63, 3.8) is 0 Å². The maximum Gasteiger partial charge on any atom is 0.292 e. The largest absolute Gasteiger partial charge is 0.508 e. The summed E-state index contributed by atoms with van der Waals surface area (Å²) in [5, 5.41) is 19.9. The molecule has 0 aromatic heterocycles. The van der Waals surface area contributed by atoms with Crippen LogP contribution in [0, 0.1) is 0 Å². The first kappa shape index (κ1) is 22.1. The summed E-state index contributed by atoms with van der Waals surface area (Å²) in [5.74, 6) is 0.850. The van der Waals surface area contributed by atoms with Crippen LogP contribution in [0.4, 0.5) is 0 Å². The molecule has 34 heavy (non-hydrogen) atoms. The zero-order chi connectivity index (χ0) is 23.9. The molecule has 170 valence electrons. The molecule has 0 amide bonds. The van der Waals surface area contributed by atoms with E-state index >= 15 is 4.57 Å². The first-order valence-electron chi connectivity index (χ1n) is 11.1. The first-order valence-corrected chi connectivity index (χ1v) is 12.7. The van der Waals surface area contributed by atoms with Crippen LogP contribution < -0.4 is 9.83 Å². The van der Waals surface area contributed by atoms with Crippen LogP contribution in [0.15, 0.2) is 104 Å². The van der Waals surface area contributed by atoms with Crippen LogP contribution in [-0.4, -0.2) is 10.2 Å². The summed E-state index contributed by atoms with van der Waals surface area (Å²) in [4.78, 5) is 0. The second-order valence-electron chi connectivity index (χ2n) is 8.61. The third kappa shape index (κ3) is 3.26. The summed E-state index contributed by atoms with van der Waals surface area (Å²) in [5.41, 5.74) is 3.94. The minimum absolute atomic E-state index is 0.123. The Morgan fingerprint density at radius 1 is 0.882 bits per heavy atom. The van der Waals surface area contributed by atoms with E-state index in [1.807, 2.05) is 61.5 Å². The van der Waals surface area contributed by atoms with Crippen molar-refractivity contribution in [3.8, 4) is 28.4 Å². The lowest BCUT2D eigenvalue weighted by atomic mass is 9.90. The average molecular weight is 468 g/mol. The third-order valence-electron chi connectivity index (χ3n) is 6.65. The highest BCUT2D eigenvalue weighted by Gasteiger charge is 2.53. The monoisotopic (exact) mass is 468 g/mol. The Bertz CT molecular complexity index is 1440. The molecule has 4 nitrogen and oxygen atoms in total. The summed E-state index contributed by atoms with van der Waals surface area (Å²) in [6, 6.07) is 27.3. The molecule has 1 aliphatic rings. The topological polar surface area (TPSA) is 66.8 Å². The molecule has 0 radical (unpaired) electrons. The molecule has 0 spiro atoms. The number of hydrogen-bond acceptors (Lipinski definition) is 4. The van der Waals surface area contributed by atoms with Crippen molar-refractivity contribution < 1.29 is 19.3 Å². The number of phenolic OH excluding ortho intramolecular Hbond substituents is 2. The molecule has 0 aliphatic carbocycles. The summed E-state index contributed by atoms with van der Waals surface area (Å²) < 4.78 is 21.8. The number of aromatic hydroxyl groups is 2. The average Bonchev–Trinajstić information content (AvgIpc) is 2.85. The molecule has 4 aromatic carbocycles. The first-order chi connectivity index (χ1) is 16.4. The molecule has 0 saturated heterocycles. The molecule has 0 fully saturated rings. The Hall–Kier alpha value is -3.75. The molecule has 5 rings (SSSR count). The van der Waals surface area contributed by atoms with Gasteiger partial charge in [-0.1, -0.05) is 66.7 Å². The molecule has 0 bridgehead atoms. The Morgan fingerprint density at radius 3 is 2.26 bits per heavy atom. The predicted octanol–water partition coefficient (Wildman–Crippen LogP) is 6.75. The van der Waals surface area contributed by atoms with E-state index in [4.69, 9.17) is 4.52 Å². The lowest BCUT2D eigenvalue weighted by Crippen LogP contribution is -2.34. The van der Waals surface area contributed by atoms with Crippen molar-refractivity contribution in [2.75, 3.05) is 0 Å². The van der Waals surface area contributed by atoms with Gasteiger partial charge in [0, 0.05) is 5.56 Å². The van der Waals surface area contributed by atoms with Crippen LogP contribution in [0.25, 0.3) is 11.1 Å². The summed E-state index contributed by atoms with van der Waals surface area (Å²) in [6.45, 7) is 5.71. The smallest absolute Gasteiger partial charge is 0.292 e. The van der Waals surface area contributed by atoms with Gasteiger partial charge in [-0.15, -0.1) is 6.58 Å². The lowest BCUT2D eigenvalue weighted by molar-refractivity contribution is 0.458. The van der Waals surface area contributed by atoms with Gasteiger partial charge >= 0.3 is 0 Å². The summed E-state index contributed by atoms with van der Waals surface area (Å²) >= 11 is 0. The number of allylic oxidation sites excluding steroid dienone is 1. The van der Waals surface area contributed by atoms with Crippen LogP contribution >= 0.6 is 7.37 Å². The molecule has 2 atom stereocenters. The number of rotatable bonds is 5. The van der Waals surface area contributed by atoms with E-state index in [1.165, 1.54) is 0 Å². The predicted molar refractivity (Wildman–Crippen MR) is 136 cm³/mol. The van der Waals surface area contributed by atoms with Gasteiger partial charge < -0.3 is 14.7 Å². The number of para-hydroxylation sites is 1. The maximum absolute atomic E-state index is 15.3. The second kappa shape index (κ2) is 8.23. The van der Waals surface area contributed by atoms with E-state index in [0.717, 1.165) is 22.3 Å². The number of fused-ring (bicyclic) bond motifs is 3. The van der Waals surface area contributed by atoms with Crippen LogP contribution in [0.1, 0.15) is 23.6 Å². The highest BCUT2D eigenvalue weighted by molar-refractivity contribution is 7.69. The van der Waals surface area contributed by atoms with E-state index in [9.17, 15) is 10.2 Å². The zero-order valence-electron chi connectivity index (χ0n) is 18.8. The van der Waals surface area contributed by atoms with Crippen molar-refractivity contribution in [2.24, 2.45) is 0 Å². The van der Waals surface area contributed by atoms with Gasteiger partial charge in [0.1, 0.15) is 22.4 Å². The van der Waals surface area contributed by atoms with Crippen LogP contribution in [0.2, 0.25) is 0 Å².